The van der Waals surface area contributed by atoms with Gasteiger partial charge in [0.2, 0.25) is 0 Å². The van der Waals surface area contributed by atoms with Crippen LogP contribution in [0, 0.1) is 0 Å². The molecule has 128 valence electrons. The van der Waals surface area contributed by atoms with Gasteiger partial charge in [-0.3, -0.25) is 0 Å². The topological polar surface area (TPSA) is 6.48 Å². The highest BCUT2D eigenvalue weighted by Crippen LogP contribution is 2.27. The molecule has 0 saturated carbocycles. The van der Waals surface area contributed by atoms with E-state index in [1.807, 2.05) is 0 Å². The van der Waals surface area contributed by atoms with Crippen LogP contribution < -0.4 is 0 Å². The maximum absolute atomic E-state index is 14.9. The van der Waals surface area contributed by atoms with Gasteiger partial charge in [-0.2, -0.15) is 8.78 Å². The summed E-state index contributed by atoms with van der Waals surface area (Å²) < 4.78 is 29.8. The maximum atomic E-state index is 14.9. The average Bonchev–Trinajstić information content (AvgIpc) is 2.47. The van der Waals surface area contributed by atoms with Gasteiger partial charge in [-0.1, -0.05) is 53.4 Å². The van der Waals surface area contributed by atoms with Crippen molar-refractivity contribution in [3.63, 3.8) is 0 Å². The Morgan fingerprint density at radius 2 is 0.810 bits per heavy atom. The molecule has 0 aliphatic carbocycles. The van der Waals surface area contributed by atoms with Gasteiger partial charge >= 0.3 is 6.17 Å². The van der Waals surface area contributed by atoms with E-state index in [0.29, 0.717) is 26.2 Å². The fourth-order valence-corrected chi connectivity index (χ4v) is 2.36. The Morgan fingerprint density at radius 3 is 1.00 bits per heavy atom. The maximum Gasteiger partial charge on any atom is 0.369 e. The number of unbranched alkanes of at least 4 members (excludes halogenated alkanes) is 4. The van der Waals surface area contributed by atoms with Crippen LogP contribution in [-0.2, 0) is 0 Å². The van der Waals surface area contributed by atoms with Crippen LogP contribution in [0.5, 0.6) is 0 Å². The van der Waals surface area contributed by atoms with Gasteiger partial charge in [0.05, 0.1) is 0 Å². The van der Waals surface area contributed by atoms with Crippen molar-refractivity contribution in [1.82, 2.24) is 9.80 Å². The summed E-state index contributed by atoms with van der Waals surface area (Å²) in [5, 5.41) is 0. The minimum atomic E-state index is -2.80. The summed E-state index contributed by atoms with van der Waals surface area (Å²) in [6, 6.07) is 0. The smallest absolute Gasteiger partial charge is 0.230 e. The molecule has 0 heterocycles. The predicted molar refractivity (Wildman–Crippen MR) is 87.7 cm³/mol. The Morgan fingerprint density at radius 1 is 0.571 bits per heavy atom. The summed E-state index contributed by atoms with van der Waals surface area (Å²) in [4.78, 5) is 2.82. The molecule has 0 amide bonds. The fourth-order valence-electron chi connectivity index (χ4n) is 2.36. The van der Waals surface area contributed by atoms with Crippen molar-refractivity contribution in [1.29, 1.82) is 0 Å². The third-order valence-electron chi connectivity index (χ3n) is 3.89. The van der Waals surface area contributed by atoms with Gasteiger partial charge in [0.1, 0.15) is 0 Å². The zero-order valence-electron chi connectivity index (χ0n) is 14.6. The third kappa shape index (κ3) is 8.10. The molecule has 0 radical (unpaired) electrons. The van der Waals surface area contributed by atoms with E-state index in [1.54, 1.807) is 0 Å². The molecule has 0 aromatic heterocycles. The van der Waals surface area contributed by atoms with Crippen molar-refractivity contribution < 1.29 is 8.78 Å². The standard InChI is InChI=1S/C17H36F2N2/c1-5-9-13-20(14-10-6-2)17(18,19)21(15-11-7-3)16-12-8-4/h5-16H2,1-4H3. The molecule has 0 bridgehead atoms. The molecule has 0 aromatic rings. The largest absolute Gasteiger partial charge is 0.369 e. The summed E-state index contributed by atoms with van der Waals surface area (Å²) >= 11 is 0. The van der Waals surface area contributed by atoms with Crippen molar-refractivity contribution in [2.75, 3.05) is 26.2 Å². The molecule has 4 heteroatoms. The molecular formula is C17H36F2N2. The highest BCUT2D eigenvalue weighted by Gasteiger charge is 2.42. The van der Waals surface area contributed by atoms with Gasteiger partial charge in [-0.05, 0) is 25.7 Å². The van der Waals surface area contributed by atoms with Crippen LogP contribution in [-0.4, -0.2) is 42.1 Å². The molecule has 0 unspecified atom stereocenters. The molecule has 0 aliphatic heterocycles. The van der Waals surface area contributed by atoms with Crippen molar-refractivity contribution in [3.8, 4) is 0 Å². The lowest BCUT2D eigenvalue weighted by molar-refractivity contribution is -0.253. The summed E-state index contributed by atoms with van der Waals surface area (Å²) in [5.74, 6) is 0. The first-order valence-corrected chi connectivity index (χ1v) is 8.92. The highest BCUT2D eigenvalue weighted by atomic mass is 19.3. The summed E-state index contributed by atoms with van der Waals surface area (Å²) in [6.07, 6.45) is 4.41. The van der Waals surface area contributed by atoms with E-state index in [4.69, 9.17) is 0 Å². The number of halogens is 2. The van der Waals surface area contributed by atoms with Crippen molar-refractivity contribution in [2.24, 2.45) is 0 Å². The predicted octanol–water partition coefficient (Wildman–Crippen LogP) is 5.34. The van der Waals surface area contributed by atoms with E-state index in [1.165, 1.54) is 9.80 Å². The molecule has 2 nitrogen and oxygen atoms in total. The highest BCUT2D eigenvalue weighted by molar-refractivity contribution is 4.73. The Hall–Kier alpha value is -0.220. The van der Waals surface area contributed by atoms with Crippen LogP contribution in [0.25, 0.3) is 0 Å². The molecule has 0 saturated heterocycles. The first-order valence-electron chi connectivity index (χ1n) is 8.92. The quantitative estimate of drug-likeness (QED) is 0.316. The number of hydrogen-bond donors (Lipinski definition) is 0. The van der Waals surface area contributed by atoms with E-state index >= 15 is 0 Å². The Balaban J connectivity index is 4.84. The van der Waals surface area contributed by atoms with E-state index in [2.05, 4.69) is 27.7 Å². The Bertz CT molecular complexity index is 197. The summed E-state index contributed by atoms with van der Waals surface area (Å²) in [7, 11) is 0. The van der Waals surface area contributed by atoms with Crippen LogP contribution in [0.2, 0.25) is 0 Å². The number of nitrogens with zero attached hydrogens (tertiary/aromatic N) is 2. The number of hydrogen-bond acceptors (Lipinski definition) is 2. The van der Waals surface area contributed by atoms with Gasteiger partial charge in [-0.25, -0.2) is 9.80 Å². The van der Waals surface area contributed by atoms with Crippen LogP contribution in [0.3, 0.4) is 0 Å². The minimum Gasteiger partial charge on any atom is -0.230 e. The summed E-state index contributed by atoms with van der Waals surface area (Å²) in [5.41, 5.74) is 0. The zero-order valence-corrected chi connectivity index (χ0v) is 14.6. The molecule has 0 fully saturated rings. The second-order valence-corrected chi connectivity index (χ2v) is 5.90. The van der Waals surface area contributed by atoms with Crippen molar-refractivity contribution >= 4 is 0 Å². The summed E-state index contributed by atoms with van der Waals surface area (Å²) in [6.45, 7) is 10.2. The van der Waals surface area contributed by atoms with E-state index in [9.17, 15) is 8.78 Å². The average molecular weight is 306 g/mol. The second-order valence-electron chi connectivity index (χ2n) is 5.90. The van der Waals surface area contributed by atoms with Gasteiger partial charge in [-0.15, -0.1) is 0 Å². The molecule has 0 rings (SSSR count). The minimum absolute atomic E-state index is 0.498. The van der Waals surface area contributed by atoms with E-state index in [0.717, 1.165) is 51.4 Å². The molecule has 0 aromatic carbocycles. The zero-order chi connectivity index (χ0) is 16.1. The normalized spacial score (nSPS) is 12.6. The van der Waals surface area contributed by atoms with Crippen LogP contribution in [0.4, 0.5) is 8.78 Å². The Labute approximate surface area is 130 Å². The molecular weight excluding hydrogens is 270 g/mol. The molecule has 0 aliphatic rings. The lowest BCUT2D eigenvalue weighted by atomic mass is 10.2. The van der Waals surface area contributed by atoms with Crippen molar-refractivity contribution in [2.45, 2.75) is 85.2 Å². The number of alkyl halides is 2. The second kappa shape index (κ2) is 12.3. The third-order valence-corrected chi connectivity index (χ3v) is 3.89. The first-order chi connectivity index (χ1) is 10.0. The van der Waals surface area contributed by atoms with Gasteiger partial charge in [0.15, 0.2) is 0 Å². The molecule has 0 N–H and O–H groups in total. The lowest BCUT2D eigenvalue weighted by Crippen LogP contribution is -2.55. The SMILES string of the molecule is CCCCN(CCCC)C(F)(F)N(CCCC)CCCC. The fraction of sp³-hybridized carbons (Fsp3) is 1.00. The Kier molecular flexibility index (Phi) is 12.2. The van der Waals surface area contributed by atoms with Gasteiger partial charge in [0, 0.05) is 26.2 Å². The van der Waals surface area contributed by atoms with Gasteiger partial charge < -0.3 is 0 Å². The van der Waals surface area contributed by atoms with Crippen LogP contribution in [0.1, 0.15) is 79.1 Å². The molecule has 0 atom stereocenters. The molecule has 21 heavy (non-hydrogen) atoms. The first kappa shape index (κ1) is 20.8. The van der Waals surface area contributed by atoms with Crippen LogP contribution >= 0.6 is 0 Å². The monoisotopic (exact) mass is 306 g/mol. The molecule has 0 spiro atoms. The van der Waals surface area contributed by atoms with Gasteiger partial charge in [0.25, 0.3) is 0 Å². The van der Waals surface area contributed by atoms with E-state index in [-0.39, 0.29) is 0 Å². The van der Waals surface area contributed by atoms with E-state index < -0.39 is 6.17 Å². The lowest BCUT2D eigenvalue weighted by Gasteiger charge is -2.39. The van der Waals surface area contributed by atoms with Crippen LogP contribution in [0.15, 0.2) is 0 Å². The number of rotatable bonds is 14. The van der Waals surface area contributed by atoms with Crippen molar-refractivity contribution in [3.05, 3.63) is 0 Å².